The van der Waals surface area contributed by atoms with E-state index in [2.05, 4.69) is 20.9 Å². The average molecular weight is 288 g/mol. The molecule has 2 nitrogen and oxygen atoms in total. The van der Waals surface area contributed by atoms with E-state index < -0.39 is 10.9 Å². The number of para-hydroxylation sites is 1. The Balaban J connectivity index is 2.61. The molecule has 0 aliphatic heterocycles. The number of hydrogen-bond donors (Lipinski definition) is 1. The molecule has 0 fully saturated rings. The third-order valence-corrected chi connectivity index (χ3v) is 2.70. The van der Waals surface area contributed by atoms with E-state index in [1.807, 2.05) is 0 Å². The number of alkyl halides is 3. The van der Waals surface area contributed by atoms with Crippen molar-refractivity contribution in [1.29, 1.82) is 0 Å². The average Bonchev–Trinajstić information content (AvgIpc) is 2.26. The fraction of sp³-hybridized carbons (Fsp3) is 0.182. The van der Waals surface area contributed by atoms with Crippen molar-refractivity contribution in [2.24, 2.45) is 0 Å². The van der Waals surface area contributed by atoms with Gasteiger partial charge >= 0.3 is 4.83 Å². The van der Waals surface area contributed by atoms with E-state index in [1.54, 1.807) is 24.3 Å². The summed E-state index contributed by atoms with van der Waals surface area (Å²) in [6.07, 6.45) is -0.406. The van der Waals surface area contributed by atoms with Crippen molar-refractivity contribution in [2.45, 2.75) is 10.9 Å². The number of aliphatic hydroxyl groups excluding tert-OH is 1. The molecule has 0 spiro atoms. The van der Waals surface area contributed by atoms with Gasteiger partial charge in [0.25, 0.3) is 0 Å². The smallest absolute Gasteiger partial charge is 0.330 e. The van der Waals surface area contributed by atoms with Crippen LogP contribution in [0.2, 0.25) is 0 Å². The zero-order valence-corrected chi connectivity index (χ0v) is 9.66. The highest BCUT2D eigenvalue weighted by atomic mass is 79.9. The Hall–Kier alpha value is -1.07. The topological polar surface area (TPSA) is 33.1 Å². The summed E-state index contributed by atoms with van der Waals surface area (Å²) in [5.74, 6) is 0. The number of aliphatic hydroxyl groups is 1. The van der Waals surface area contributed by atoms with Crippen LogP contribution in [0.25, 0.3) is 10.9 Å². The summed E-state index contributed by atoms with van der Waals surface area (Å²) in [5.41, 5.74) is 0.497. The van der Waals surface area contributed by atoms with Gasteiger partial charge in [0.05, 0.1) is 5.52 Å². The number of aromatic nitrogens is 1. The van der Waals surface area contributed by atoms with E-state index in [0.717, 1.165) is 5.39 Å². The lowest BCUT2D eigenvalue weighted by Gasteiger charge is -2.17. The standard InChI is InChI=1S/C11H8BrF2NO/c12-11(13,14)10(16)8-5-1-3-7-4-2-6-15-9(7)8/h1-6,10,16H. The minimum Gasteiger partial charge on any atom is -0.381 e. The lowest BCUT2D eigenvalue weighted by Crippen LogP contribution is -2.18. The van der Waals surface area contributed by atoms with Gasteiger partial charge in [-0.05, 0) is 22.0 Å². The van der Waals surface area contributed by atoms with Gasteiger partial charge in [-0.15, -0.1) is 0 Å². The third kappa shape index (κ3) is 2.05. The van der Waals surface area contributed by atoms with Gasteiger partial charge in [0, 0.05) is 17.1 Å². The van der Waals surface area contributed by atoms with E-state index in [0.29, 0.717) is 5.52 Å². The van der Waals surface area contributed by atoms with Crippen molar-refractivity contribution < 1.29 is 13.9 Å². The molecule has 84 valence electrons. The molecule has 0 amide bonds. The third-order valence-electron chi connectivity index (χ3n) is 2.27. The normalized spacial score (nSPS) is 14.0. The quantitative estimate of drug-likeness (QED) is 0.860. The summed E-state index contributed by atoms with van der Waals surface area (Å²) >= 11 is 2.16. The zero-order chi connectivity index (χ0) is 11.8. The Bertz CT molecular complexity index is 507. The molecule has 0 aliphatic carbocycles. The fourth-order valence-corrected chi connectivity index (χ4v) is 1.77. The highest BCUT2D eigenvalue weighted by Gasteiger charge is 2.37. The molecule has 1 unspecified atom stereocenters. The van der Waals surface area contributed by atoms with Gasteiger partial charge in [0.15, 0.2) is 6.10 Å². The van der Waals surface area contributed by atoms with Crippen LogP contribution in [0.4, 0.5) is 8.78 Å². The summed E-state index contributed by atoms with van der Waals surface area (Å²) in [5, 5.41) is 10.2. The van der Waals surface area contributed by atoms with Crippen molar-refractivity contribution in [3.05, 3.63) is 42.1 Å². The molecule has 5 heteroatoms. The largest absolute Gasteiger partial charge is 0.381 e. The fourth-order valence-electron chi connectivity index (χ4n) is 1.52. The predicted octanol–water partition coefficient (Wildman–Crippen LogP) is 3.26. The lowest BCUT2D eigenvalue weighted by atomic mass is 10.1. The van der Waals surface area contributed by atoms with Crippen LogP contribution in [-0.2, 0) is 0 Å². The molecule has 1 aromatic heterocycles. The van der Waals surface area contributed by atoms with Gasteiger partial charge < -0.3 is 5.11 Å². The maximum Gasteiger partial charge on any atom is 0.330 e. The monoisotopic (exact) mass is 287 g/mol. The molecule has 0 radical (unpaired) electrons. The van der Waals surface area contributed by atoms with Gasteiger partial charge in [0.2, 0.25) is 0 Å². The summed E-state index contributed by atoms with van der Waals surface area (Å²) in [6.45, 7) is 0. The Morgan fingerprint density at radius 3 is 2.62 bits per heavy atom. The zero-order valence-electron chi connectivity index (χ0n) is 8.07. The number of halogens is 3. The first-order valence-electron chi connectivity index (χ1n) is 4.58. The van der Waals surface area contributed by atoms with E-state index in [9.17, 15) is 13.9 Å². The SMILES string of the molecule is OC(c1cccc2cccnc12)C(F)(F)Br. The highest BCUT2D eigenvalue weighted by molar-refractivity contribution is 9.10. The van der Waals surface area contributed by atoms with Crippen LogP contribution in [0.3, 0.4) is 0 Å². The highest BCUT2D eigenvalue weighted by Crippen LogP contribution is 2.38. The molecule has 0 aliphatic rings. The summed E-state index contributed by atoms with van der Waals surface area (Å²) < 4.78 is 25.9. The molecule has 1 atom stereocenters. The summed E-state index contributed by atoms with van der Waals surface area (Å²) in [7, 11) is 0. The predicted molar refractivity (Wildman–Crippen MR) is 60.6 cm³/mol. The molecule has 16 heavy (non-hydrogen) atoms. The summed E-state index contributed by atoms with van der Waals surface area (Å²) in [6, 6.07) is 8.27. The van der Waals surface area contributed by atoms with Crippen LogP contribution in [0.1, 0.15) is 11.7 Å². The number of benzene rings is 1. The number of fused-ring (bicyclic) bond motifs is 1. The van der Waals surface area contributed by atoms with Crippen molar-refractivity contribution >= 4 is 26.8 Å². The first-order chi connectivity index (χ1) is 7.50. The maximum absolute atomic E-state index is 13.0. The Morgan fingerprint density at radius 1 is 1.25 bits per heavy atom. The van der Waals surface area contributed by atoms with Crippen molar-refractivity contribution in [2.75, 3.05) is 0 Å². The van der Waals surface area contributed by atoms with Gasteiger partial charge in [-0.2, -0.15) is 8.78 Å². The van der Waals surface area contributed by atoms with E-state index in [-0.39, 0.29) is 5.56 Å². The molecule has 0 saturated carbocycles. The Morgan fingerprint density at radius 2 is 1.94 bits per heavy atom. The number of pyridine rings is 1. The van der Waals surface area contributed by atoms with E-state index in [4.69, 9.17) is 0 Å². The molecule has 2 aromatic rings. The molecular formula is C11H8BrF2NO. The van der Waals surface area contributed by atoms with Crippen LogP contribution in [0.15, 0.2) is 36.5 Å². The Labute approximate surface area is 99.1 Å². The first kappa shape index (κ1) is 11.4. The number of hydrogen-bond acceptors (Lipinski definition) is 2. The molecule has 1 aromatic carbocycles. The van der Waals surface area contributed by atoms with Gasteiger partial charge in [0.1, 0.15) is 0 Å². The minimum absolute atomic E-state index is 0.111. The molecule has 0 bridgehead atoms. The second-order valence-electron chi connectivity index (χ2n) is 3.37. The van der Waals surface area contributed by atoms with Gasteiger partial charge in [-0.25, -0.2) is 0 Å². The van der Waals surface area contributed by atoms with Crippen LogP contribution in [0.5, 0.6) is 0 Å². The second-order valence-corrected chi connectivity index (χ2v) is 4.42. The molecular weight excluding hydrogens is 280 g/mol. The molecule has 2 rings (SSSR count). The maximum atomic E-state index is 13.0. The van der Waals surface area contributed by atoms with Crippen molar-refractivity contribution in [3.8, 4) is 0 Å². The molecule has 1 heterocycles. The lowest BCUT2D eigenvalue weighted by molar-refractivity contribution is -0.0287. The van der Waals surface area contributed by atoms with E-state index in [1.165, 1.54) is 12.3 Å². The van der Waals surface area contributed by atoms with Crippen molar-refractivity contribution in [3.63, 3.8) is 0 Å². The number of rotatable bonds is 2. The number of nitrogens with zero attached hydrogens (tertiary/aromatic N) is 1. The van der Waals surface area contributed by atoms with Gasteiger partial charge in [-0.3, -0.25) is 4.98 Å². The molecule has 0 saturated heterocycles. The first-order valence-corrected chi connectivity index (χ1v) is 5.38. The summed E-state index contributed by atoms with van der Waals surface area (Å²) in [4.78, 5) is 0.639. The second kappa shape index (κ2) is 4.07. The van der Waals surface area contributed by atoms with Crippen molar-refractivity contribution in [1.82, 2.24) is 4.98 Å². The van der Waals surface area contributed by atoms with E-state index >= 15 is 0 Å². The minimum atomic E-state index is -3.36. The van der Waals surface area contributed by atoms with Crippen LogP contribution >= 0.6 is 15.9 Å². The van der Waals surface area contributed by atoms with Crippen LogP contribution in [-0.4, -0.2) is 14.9 Å². The molecule has 1 N–H and O–H groups in total. The van der Waals surface area contributed by atoms with Gasteiger partial charge in [-0.1, -0.05) is 24.3 Å². The van der Waals surface area contributed by atoms with Crippen LogP contribution < -0.4 is 0 Å². The Kier molecular flexibility index (Phi) is 2.90. The van der Waals surface area contributed by atoms with Crippen LogP contribution in [0, 0.1) is 0 Å².